The van der Waals surface area contributed by atoms with Crippen molar-refractivity contribution in [1.82, 2.24) is 0 Å². The molecule has 0 saturated heterocycles. The number of rotatable bonds is 6. The molecule has 0 saturated carbocycles. The number of anilines is 2. The summed E-state index contributed by atoms with van der Waals surface area (Å²) in [7, 11) is 0. The van der Waals surface area contributed by atoms with E-state index in [0.717, 1.165) is 33.3 Å². The summed E-state index contributed by atoms with van der Waals surface area (Å²) in [5, 5.41) is 8.65. The van der Waals surface area contributed by atoms with Crippen LogP contribution < -0.4 is 11.1 Å². The lowest BCUT2D eigenvalue weighted by Gasteiger charge is -2.16. The molecule has 7 aromatic rings. The number of thiophene rings is 1. The van der Waals surface area contributed by atoms with Crippen LogP contribution in [-0.2, 0) is 0 Å². The van der Waals surface area contributed by atoms with E-state index in [4.69, 9.17) is 5.73 Å². The molecule has 0 fully saturated rings. The first-order chi connectivity index (χ1) is 19.7. The molecule has 7 rings (SSSR count). The topological polar surface area (TPSA) is 50.4 Å². The van der Waals surface area contributed by atoms with Crippen molar-refractivity contribution in [3.05, 3.63) is 145 Å². The van der Waals surface area contributed by atoms with E-state index in [0.29, 0.717) is 0 Å². The SMILES string of the molecule is NC(/N=C/c1ccc(Nc2cc3sc4ccccc4c3cc2-c2ccccc2)c2ccccc12)c1ccccc1. The van der Waals surface area contributed by atoms with Crippen LogP contribution in [0, 0.1) is 0 Å². The van der Waals surface area contributed by atoms with Crippen LogP contribution in [0.2, 0.25) is 0 Å². The Kier molecular flexibility index (Phi) is 6.33. The van der Waals surface area contributed by atoms with E-state index in [2.05, 4.69) is 113 Å². The predicted octanol–water partition coefficient (Wildman–Crippen LogP) is 9.69. The van der Waals surface area contributed by atoms with Crippen molar-refractivity contribution in [2.24, 2.45) is 10.7 Å². The summed E-state index contributed by atoms with van der Waals surface area (Å²) in [4.78, 5) is 4.67. The zero-order valence-electron chi connectivity index (χ0n) is 21.8. The van der Waals surface area contributed by atoms with Crippen LogP contribution in [0.25, 0.3) is 42.1 Å². The Balaban J connectivity index is 1.32. The van der Waals surface area contributed by atoms with Crippen molar-refractivity contribution in [3.8, 4) is 11.1 Å². The van der Waals surface area contributed by atoms with Gasteiger partial charge in [-0.2, -0.15) is 0 Å². The summed E-state index contributed by atoms with van der Waals surface area (Å²) in [5.74, 6) is 0. The van der Waals surface area contributed by atoms with E-state index < -0.39 is 6.17 Å². The molecule has 6 aromatic carbocycles. The van der Waals surface area contributed by atoms with Gasteiger partial charge in [0, 0.05) is 54.3 Å². The molecule has 0 bridgehead atoms. The third-order valence-electron chi connectivity index (χ3n) is 7.34. The van der Waals surface area contributed by atoms with E-state index in [-0.39, 0.29) is 0 Å². The zero-order chi connectivity index (χ0) is 26.9. The van der Waals surface area contributed by atoms with Crippen molar-refractivity contribution >= 4 is 59.9 Å². The fraction of sp³-hybridized carbons (Fsp3) is 0.0278. The number of hydrogen-bond acceptors (Lipinski definition) is 4. The number of nitrogens with zero attached hydrogens (tertiary/aromatic N) is 1. The first-order valence-corrected chi connectivity index (χ1v) is 14.2. The minimum Gasteiger partial charge on any atom is -0.354 e. The van der Waals surface area contributed by atoms with Gasteiger partial charge in [0.15, 0.2) is 0 Å². The van der Waals surface area contributed by atoms with Gasteiger partial charge in [-0.1, -0.05) is 109 Å². The third-order valence-corrected chi connectivity index (χ3v) is 8.48. The molecule has 0 aliphatic carbocycles. The summed E-state index contributed by atoms with van der Waals surface area (Å²) in [6, 6.07) is 46.6. The molecule has 0 spiro atoms. The van der Waals surface area contributed by atoms with Crippen LogP contribution in [0.1, 0.15) is 17.3 Å². The van der Waals surface area contributed by atoms with Gasteiger partial charge in [-0.3, -0.25) is 4.99 Å². The summed E-state index contributed by atoms with van der Waals surface area (Å²) < 4.78 is 2.57. The van der Waals surface area contributed by atoms with E-state index in [1.807, 2.05) is 47.9 Å². The summed E-state index contributed by atoms with van der Waals surface area (Å²) in [5.41, 5.74) is 12.9. The molecule has 3 N–H and O–H groups in total. The second kappa shape index (κ2) is 10.4. The average Bonchev–Trinajstić information content (AvgIpc) is 3.38. The van der Waals surface area contributed by atoms with Gasteiger partial charge in [-0.15, -0.1) is 11.3 Å². The Hall–Kier alpha value is -4.77. The Labute approximate surface area is 237 Å². The fourth-order valence-electron chi connectivity index (χ4n) is 5.32. The highest BCUT2D eigenvalue weighted by Gasteiger charge is 2.14. The van der Waals surface area contributed by atoms with Gasteiger partial charge in [0.2, 0.25) is 0 Å². The van der Waals surface area contributed by atoms with Crippen LogP contribution in [0.4, 0.5) is 11.4 Å². The second-order valence-corrected chi connectivity index (χ2v) is 10.9. The molecule has 40 heavy (non-hydrogen) atoms. The number of nitrogens with one attached hydrogen (secondary N) is 1. The quantitative estimate of drug-likeness (QED) is 0.209. The Morgan fingerprint density at radius 2 is 1.27 bits per heavy atom. The van der Waals surface area contributed by atoms with Gasteiger partial charge < -0.3 is 11.1 Å². The van der Waals surface area contributed by atoms with Gasteiger partial charge in [0.25, 0.3) is 0 Å². The minimum absolute atomic E-state index is 0.403. The van der Waals surface area contributed by atoms with Gasteiger partial charge in [0.1, 0.15) is 6.17 Å². The zero-order valence-corrected chi connectivity index (χ0v) is 22.6. The Morgan fingerprint density at radius 3 is 2.08 bits per heavy atom. The molecule has 1 unspecified atom stereocenters. The maximum Gasteiger partial charge on any atom is 0.123 e. The highest BCUT2D eigenvalue weighted by molar-refractivity contribution is 7.25. The number of aliphatic imine (C=N–C) groups is 1. The first kappa shape index (κ1) is 24.3. The molecular weight excluding hydrogens is 506 g/mol. The van der Waals surface area contributed by atoms with Crippen molar-refractivity contribution in [2.45, 2.75) is 6.17 Å². The van der Waals surface area contributed by atoms with Crippen molar-refractivity contribution < 1.29 is 0 Å². The number of benzene rings is 6. The Morgan fingerprint density at radius 1 is 0.600 bits per heavy atom. The number of nitrogens with two attached hydrogens (primary N) is 1. The van der Waals surface area contributed by atoms with E-state index in [9.17, 15) is 0 Å². The van der Waals surface area contributed by atoms with Crippen LogP contribution in [-0.4, -0.2) is 6.21 Å². The molecule has 0 amide bonds. The van der Waals surface area contributed by atoms with Crippen LogP contribution in [0.15, 0.2) is 138 Å². The molecule has 1 aromatic heterocycles. The van der Waals surface area contributed by atoms with Crippen LogP contribution in [0.3, 0.4) is 0 Å². The maximum atomic E-state index is 6.35. The van der Waals surface area contributed by atoms with Gasteiger partial charge in [-0.25, -0.2) is 0 Å². The third kappa shape index (κ3) is 4.54. The summed E-state index contributed by atoms with van der Waals surface area (Å²) in [6.45, 7) is 0. The molecule has 1 atom stereocenters. The summed E-state index contributed by atoms with van der Waals surface area (Å²) in [6.07, 6.45) is 1.49. The predicted molar refractivity (Wildman–Crippen MR) is 173 cm³/mol. The molecule has 3 nitrogen and oxygen atoms in total. The van der Waals surface area contributed by atoms with Crippen molar-refractivity contribution in [2.75, 3.05) is 5.32 Å². The molecule has 0 radical (unpaired) electrons. The lowest BCUT2D eigenvalue weighted by atomic mass is 9.99. The largest absolute Gasteiger partial charge is 0.354 e. The van der Waals surface area contributed by atoms with Crippen LogP contribution in [0.5, 0.6) is 0 Å². The smallest absolute Gasteiger partial charge is 0.123 e. The van der Waals surface area contributed by atoms with Gasteiger partial charge in [-0.05, 0) is 40.8 Å². The number of hydrogen-bond donors (Lipinski definition) is 2. The lowest BCUT2D eigenvalue weighted by molar-refractivity contribution is 0.781. The normalized spacial score (nSPS) is 12.4. The fourth-order valence-corrected chi connectivity index (χ4v) is 6.44. The van der Waals surface area contributed by atoms with Crippen LogP contribution >= 0.6 is 11.3 Å². The van der Waals surface area contributed by atoms with Gasteiger partial charge >= 0.3 is 0 Å². The number of fused-ring (bicyclic) bond motifs is 4. The van der Waals surface area contributed by atoms with Gasteiger partial charge in [0.05, 0.1) is 0 Å². The monoisotopic (exact) mass is 533 g/mol. The standard InChI is InChI=1S/C36H27N3S/c37-36(25-13-5-2-6-14-25)38-23-26-19-20-32(28-16-8-7-15-27(26)28)39-33-22-35-31(29-17-9-10-18-34(29)40-35)21-30(33)24-11-3-1-4-12-24/h1-23,36,39H,37H2/b38-23+. The highest BCUT2D eigenvalue weighted by Crippen LogP contribution is 2.42. The Bertz CT molecular complexity index is 1990. The molecule has 4 heteroatoms. The maximum absolute atomic E-state index is 6.35. The minimum atomic E-state index is -0.403. The first-order valence-electron chi connectivity index (χ1n) is 13.4. The highest BCUT2D eigenvalue weighted by atomic mass is 32.1. The molecule has 0 aliphatic rings. The average molecular weight is 534 g/mol. The molecular formula is C36H27N3S. The summed E-state index contributed by atoms with van der Waals surface area (Å²) >= 11 is 1.83. The van der Waals surface area contributed by atoms with Crippen molar-refractivity contribution in [3.63, 3.8) is 0 Å². The van der Waals surface area contributed by atoms with E-state index in [1.165, 1.54) is 31.3 Å². The van der Waals surface area contributed by atoms with E-state index in [1.54, 1.807) is 0 Å². The molecule has 1 heterocycles. The van der Waals surface area contributed by atoms with E-state index >= 15 is 0 Å². The second-order valence-electron chi connectivity index (χ2n) is 9.86. The molecule has 192 valence electrons. The lowest BCUT2D eigenvalue weighted by Crippen LogP contribution is -2.07. The van der Waals surface area contributed by atoms with Crippen molar-refractivity contribution in [1.29, 1.82) is 0 Å². The molecule has 0 aliphatic heterocycles.